The molecule has 0 amide bonds. The van der Waals surface area contributed by atoms with E-state index in [2.05, 4.69) is 61.5 Å². The van der Waals surface area contributed by atoms with E-state index in [0.717, 1.165) is 24.0 Å². The van der Waals surface area contributed by atoms with Crippen molar-refractivity contribution < 1.29 is 0 Å². The van der Waals surface area contributed by atoms with Gasteiger partial charge in [-0.1, -0.05) is 24.3 Å². The van der Waals surface area contributed by atoms with Crippen LogP contribution in [0.1, 0.15) is 33.9 Å². The summed E-state index contributed by atoms with van der Waals surface area (Å²) in [5.41, 5.74) is 5.90. The standard InChI is InChI=1S/C21H29N7.HI/c1-15-20(16(2)27(5)26-15)13-25-21(22-4)24-12-18-7-6-8-19(11-18)14-28-10-9-23-17(28)3;/h6-11H,12-14H2,1-5H3,(H2,22,24,25);1H. The number of aryl methyl sites for hydroxylation is 3. The molecule has 0 aliphatic rings. The van der Waals surface area contributed by atoms with Gasteiger partial charge < -0.3 is 15.2 Å². The summed E-state index contributed by atoms with van der Waals surface area (Å²) in [5.74, 6) is 1.80. The minimum Gasteiger partial charge on any atom is -0.352 e. The number of aromatic nitrogens is 4. The first-order valence-corrected chi connectivity index (χ1v) is 9.47. The zero-order valence-corrected chi connectivity index (χ0v) is 20.1. The average Bonchev–Trinajstić information content (AvgIpc) is 3.19. The third-order valence-electron chi connectivity index (χ3n) is 5.04. The molecule has 7 nitrogen and oxygen atoms in total. The number of nitrogens with one attached hydrogen (secondary N) is 2. The van der Waals surface area contributed by atoms with Gasteiger partial charge in [0.2, 0.25) is 0 Å². The molecule has 0 fully saturated rings. The van der Waals surface area contributed by atoms with E-state index in [4.69, 9.17) is 0 Å². The van der Waals surface area contributed by atoms with Crippen LogP contribution in [-0.2, 0) is 26.7 Å². The number of aliphatic imine (C=N–C) groups is 1. The van der Waals surface area contributed by atoms with Crippen molar-refractivity contribution in [2.24, 2.45) is 12.0 Å². The summed E-state index contributed by atoms with van der Waals surface area (Å²) < 4.78 is 4.06. The van der Waals surface area contributed by atoms with E-state index in [-0.39, 0.29) is 24.0 Å². The maximum atomic E-state index is 4.46. The predicted molar refractivity (Wildman–Crippen MR) is 128 cm³/mol. The maximum Gasteiger partial charge on any atom is 0.191 e. The molecule has 3 aromatic rings. The Kier molecular flexibility index (Phi) is 8.24. The first kappa shape index (κ1) is 22.9. The molecule has 156 valence electrons. The molecule has 0 bridgehead atoms. The fraction of sp³-hybridized carbons (Fsp3) is 0.381. The van der Waals surface area contributed by atoms with Crippen LogP contribution >= 0.6 is 24.0 Å². The number of halogens is 1. The molecule has 0 unspecified atom stereocenters. The van der Waals surface area contributed by atoms with Crippen molar-refractivity contribution in [3.05, 3.63) is 70.6 Å². The molecule has 2 aromatic heterocycles. The highest BCUT2D eigenvalue weighted by molar-refractivity contribution is 14.0. The van der Waals surface area contributed by atoms with Crippen LogP contribution in [0.5, 0.6) is 0 Å². The highest BCUT2D eigenvalue weighted by atomic mass is 127. The van der Waals surface area contributed by atoms with Crippen LogP contribution in [0.15, 0.2) is 41.7 Å². The van der Waals surface area contributed by atoms with Gasteiger partial charge in [-0.3, -0.25) is 9.67 Å². The molecule has 0 radical (unpaired) electrons. The van der Waals surface area contributed by atoms with Crippen molar-refractivity contribution in [2.45, 2.75) is 40.4 Å². The molecule has 0 aliphatic heterocycles. The van der Waals surface area contributed by atoms with Crippen LogP contribution in [0.2, 0.25) is 0 Å². The minimum absolute atomic E-state index is 0. The first-order chi connectivity index (χ1) is 13.5. The van der Waals surface area contributed by atoms with E-state index < -0.39 is 0 Å². The van der Waals surface area contributed by atoms with Gasteiger partial charge in [0.25, 0.3) is 0 Å². The summed E-state index contributed by atoms with van der Waals surface area (Å²) in [5, 5.41) is 11.2. The summed E-state index contributed by atoms with van der Waals surface area (Å²) in [7, 11) is 3.76. The van der Waals surface area contributed by atoms with Crippen molar-refractivity contribution in [2.75, 3.05) is 7.05 Å². The zero-order valence-electron chi connectivity index (χ0n) is 17.7. The average molecular weight is 507 g/mol. The zero-order chi connectivity index (χ0) is 20.1. The summed E-state index contributed by atoms with van der Waals surface area (Å²) in [6.07, 6.45) is 3.84. The molecule has 1 aromatic carbocycles. The number of nitrogens with zero attached hydrogens (tertiary/aromatic N) is 5. The third kappa shape index (κ3) is 5.81. The minimum atomic E-state index is 0. The van der Waals surface area contributed by atoms with Crippen molar-refractivity contribution in [3.63, 3.8) is 0 Å². The van der Waals surface area contributed by atoms with Crippen LogP contribution in [-0.4, -0.2) is 32.3 Å². The molecule has 0 atom stereocenters. The smallest absolute Gasteiger partial charge is 0.191 e. The Hall–Kier alpha value is -2.36. The Morgan fingerprint density at radius 1 is 1.10 bits per heavy atom. The SMILES string of the molecule is CN=C(NCc1cccc(Cn2ccnc2C)c1)NCc1c(C)nn(C)c1C.I. The summed E-state index contributed by atoms with van der Waals surface area (Å²) in [4.78, 5) is 8.62. The van der Waals surface area contributed by atoms with Crippen LogP contribution in [0, 0.1) is 20.8 Å². The van der Waals surface area contributed by atoms with Gasteiger partial charge in [-0.25, -0.2) is 4.98 Å². The molecule has 0 spiro atoms. The number of benzene rings is 1. The van der Waals surface area contributed by atoms with Crippen LogP contribution in [0.25, 0.3) is 0 Å². The van der Waals surface area contributed by atoms with Gasteiger partial charge in [0.1, 0.15) is 5.82 Å². The Balaban J connectivity index is 0.00000300. The lowest BCUT2D eigenvalue weighted by Gasteiger charge is -2.13. The lowest BCUT2D eigenvalue weighted by Crippen LogP contribution is -2.36. The number of hydrogen-bond acceptors (Lipinski definition) is 3. The van der Waals surface area contributed by atoms with Gasteiger partial charge in [-0.15, -0.1) is 24.0 Å². The van der Waals surface area contributed by atoms with Crippen LogP contribution in [0.3, 0.4) is 0 Å². The van der Waals surface area contributed by atoms with E-state index in [1.54, 1.807) is 7.05 Å². The highest BCUT2D eigenvalue weighted by Crippen LogP contribution is 2.11. The van der Waals surface area contributed by atoms with Gasteiger partial charge in [0.15, 0.2) is 5.96 Å². The van der Waals surface area contributed by atoms with E-state index in [1.807, 2.05) is 38.0 Å². The molecular formula is C21H30IN7. The topological polar surface area (TPSA) is 72.1 Å². The van der Waals surface area contributed by atoms with Crippen molar-refractivity contribution in [1.29, 1.82) is 0 Å². The van der Waals surface area contributed by atoms with Crippen LogP contribution < -0.4 is 10.6 Å². The van der Waals surface area contributed by atoms with Crippen molar-refractivity contribution >= 4 is 29.9 Å². The van der Waals surface area contributed by atoms with Gasteiger partial charge in [0, 0.05) is 57.4 Å². The summed E-state index contributed by atoms with van der Waals surface area (Å²) in [6, 6.07) is 8.58. The molecule has 3 rings (SSSR count). The maximum absolute atomic E-state index is 4.46. The second-order valence-corrected chi connectivity index (χ2v) is 6.97. The number of imidazole rings is 1. The molecule has 0 saturated carbocycles. The summed E-state index contributed by atoms with van der Waals surface area (Å²) >= 11 is 0. The normalized spacial score (nSPS) is 11.3. The highest BCUT2D eigenvalue weighted by Gasteiger charge is 2.09. The molecule has 8 heteroatoms. The second kappa shape index (κ2) is 10.4. The Morgan fingerprint density at radius 3 is 2.45 bits per heavy atom. The van der Waals surface area contributed by atoms with Gasteiger partial charge in [0.05, 0.1) is 5.69 Å². The largest absolute Gasteiger partial charge is 0.352 e. The van der Waals surface area contributed by atoms with Gasteiger partial charge in [-0.05, 0) is 31.9 Å². The first-order valence-electron chi connectivity index (χ1n) is 9.47. The fourth-order valence-electron chi connectivity index (χ4n) is 3.26. The molecular weight excluding hydrogens is 477 g/mol. The van der Waals surface area contributed by atoms with E-state index in [1.165, 1.54) is 22.4 Å². The number of hydrogen-bond donors (Lipinski definition) is 2. The summed E-state index contributed by atoms with van der Waals surface area (Å²) in [6.45, 7) is 8.37. The molecule has 2 heterocycles. The lowest BCUT2D eigenvalue weighted by atomic mass is 10.1. The van der Waals surface area contributed by atoms with Gasteiger partial charge in [-0.2, -0.15) is 5.10 Å². The monoisotopic (exact) mass is 507 g/mol. The Bertz CT molecular complexity index is 971. The lowest BCUT2D eigenvalue weighted by molar-refractivity contribution is 0.728. The fourth-order valence-corrected chi connectivity index (χ4v) is 3.26. The Labute approximate surface area is 189 Å². The second-order valence-electron chi connectivity index (χ2n) is 6.97. The van der Waals surface area contributed by atoms with E-state index >= 15 is 0 Å². The molecule has 0 aliphatic carbocycles. The Morgan fingerprint density at radius 2 is 1.83 bits per heavy atom. The quantitative estimate of drug-likeness (QED) is 0.306. The van der Waals surface area contributed by atoms with E-state index in [9.17, 15) is 0 Å². The number of rotatable bonds is 6. The van der Waals surface area contributed by atoms with Crippen LogP contribution in [0.4, 0.5) is 0 Å². The van der Waals surface area contributed by atoms with Crippen molar-refractivity contribution in [1.82, 2.24) is 30.0 Å². The molecule has 2 N–H and O–H groups in total. The molecule has 29 heavy (non-hydrogen) atoms. The van der Waals surface area contributed by atoms with E-state index in [0.29, 0.717) is 13.1 Å². The third-order valence-corrected chi connectivity index (χ3v) is 5.04. The number of guanidine groups is 1. The predicted octanol–water partition coefficient (Wildman–Crippen LogP) is 3.07. The van der Waals surface area contributed by atoms with Crippen molar-refractivity contribution in [3.8, 4) is 0 Å². The molecule has 0 saturated heterocycles. The van der Waals surface area contributed by atoms with Gasteiger partial charge >= 0.3 is 0 Å².